The molecule has 2 rings (SSSR count). The van der Waals surface area contributed by atoms with E-state index in [-0.39, 0.29) is 12.3 Å². The van der Waals surface area contributed by atoms with Gasteiger partial charge in [0.25, 0.3) is 0 Å². The minimum absolute atomic E-state index is 0.112. The predicted molar refractivity (Wildman–Crippen MR) is 56.0 cm³/mol. The van der Waals surface area contributed by atoms with Crippen molar-refractivity contribution >= 4 is 17.8 Å². The first-order valence-corrected chi connectivity index (χ1v) is 5.24. The van der Waals surface area contributed by atoms with Crippen molar-refractivity contribution < 1.29 is 24.6 Å². The molecule has 17 heavy (non-hydrogen) atoms. The molecule has 3 N–H and O–H groups in total. The smallest absolute Gasteiger partial charge is 0.330 e. The molecule has 0 unspecified atom stereocenters. The molecule has 6 heteroatoms. The van der Waals surface area contributed by atoms with Gasteiger partial charge in [-0.2, -0.15) is 0 Å². The van der Waals surface area contributed by atoms with Gasteiger partial charge < -0.3 is 15.5 Å². The summed E-state index contributed by atoms with van der Waals surface area (Å²) >= 11 is 0. The van der Waals surface area contributed by atoms with Crippen LogP contribution < -0.4 is 5.32 Å². The minimum atomic E-state index is -1.49. The van der Waals surface area contributed by atoms with E-state index in [1.807, 2.05) is 0 Å². The highest BCUT2D eigenvalue weighted by molar-refractivity contribution is 5.91. The summed E-state index contributed by atoms with van der Waals surface area (Å²) in [5.74, 6) is -4.33. The van der Waals surface area contributed by atoms with E-state index in [0.717, 1.165) is 0 Å². The maximum absolute atomic E-state index is 11.4. The molecule has 6 nitrogen and oxygen atoms in total. The van der Waals surface area contributed by atoms with Gasteiger partial charge in [-0.15, -0.1) is 0 Å². The van der Waals surface area contributed by atoms with E-state index < -0.39 is 35.2 Å². The van der Waals surface area contributed by atoms with Crippen molar-refractivity contribution in [3.05, 3.63) is 12.2 Å². The molecule has 0 saturated heterocycles. The van der Waals surface area contributed by atoms with Gasteiger partial charge in [-0.25, -0.2) is 4.79 Å². The van der Waals surface area contributed by atoms with Crippen molar-refractivity contribution in [2.24, 2.45) is 17.8 Å². The van der Waals surface area contributed by atoms with E-state index in [1.165, 1.54) is 6.92 Å². The first-order chi connectivity index (χ1) is 7.81. The average Bonchev–Trinajstić information content (AvgIpc) is 2.84. The highest BCUT2D eigenvalue weighted by Gasteiger charge is 2.73. The van der Waals surface area contributed by atoms with Crippen molar-refractivity contribution in [1.82, 2.24) is 5.32 Å². The zero-order valence-corrected chi connectivity index (χ0v) is 9.27. The summed E-state index contributed by atoms with van der Waals surface area (Å²) in [4.78, 5) is 33.4. The second-order valence-electron chi connectivity index (χ2n) is 4.71. The average molecular weight is 239 g/mol. The zero-order chi connectivity index (χ0) is 13.0. The number of fused-ring (bicyclic) bond motifs is 1. The van der Waals surface area contributed by atoms with Crippen LogP contribution in [-0.4, -0.2) is 33.6 Å². The van der Waals surface area contributed by atoms with Gasteiger partial charge in [-0.05, 0) is 5.92 Å². The van der Waals surface area contributed by atoms with Gasteiger partial charge in [-0.3, -0.25) is 9.59 Å². The van der Waals surface area contributed by atoms with Crippen molar-refractivity contribution in [3.8, 4) is 0 Å². The van der Waals surface area contributed by atoms with Gasteiger partial charge in [0.05, 0.1) is 5.92 Å². The Morgan fingerprint density at radius 3 is 2.35 bits per heavy atom. The lowest BCUT2D eigenvalue weighted by Gasteiger charge is -2.27. The van der Waals surface area contributed by atoms with Crippen LogP contribution in [0.3, 0.4) is 0 Å². The molecule has 1 amide bonds. The number of aliphatic carboxylic acids is 2. The molecule has 92 valence electrons. The van der Waals surface area contributed by atoms with E-state index in [2.05, 4.69) is 11.9 Å². The lowest BCUT2D eigenvalue weighted by atomic mass is 9.89. The number of carboxylic acid groups (broad SMARTS) is 2. The largest absolute Gasteiger partial charge is 0.481 e. The highest BCUT2D eigenvalue weighted by atomic mass is 16.4. The van der Waals surface area contributed by atoms with Crippen LogP contribution in [0.1, 0.15) is 13.3 Å². The molecule has 0 aromatic rings. The van der Waals surface area contributed by atoms with Gasteiger partial charge in [0, 0.05) is 19.3 Å². The molecule has 0 heterocycles. The molecule has 2 aliphatic rings. The third-order valence-electron chi connectivity index (χ3n) is 3.63. The zero-order valence-electron chi connectivity index (χ0n) is 9.27. The summed E-state index contributed by atoms with van der Waals surface area (Å²) in [6.07, 6.45) is 0.112. The lowest BCUT2D eigenvalue weighted by Crippen LogP contribution is -2.55. The third kappa shape index (κ3) is 1.44. The van der Waals surface area contributed by atoms with E-state index in [1.54, 1.807) is 0 Å². The molecule has 0 aliphatic heterocycles. The van der Waals surface area contributed by atoms with Crippen molar-refractivity contribution in [2.45, 2.75) is 18.9 Å². The summed E-state index contributed by atoms with van der Waals surface area (Å²) < 4.78 is 0. The SMILES string of the molecule is C=C1C[C@@](NC(C)=O)(C(=O)O)[C@H]2[C@@H]1[C@@H]2C(=O)O. The number of hydrogen-bond donors (Lipinski definition) is 3. The number of carbonyl (C=O) groups excluding carboxylic acids is 1. The summed E-state index contributed by atoms with van der Waals surface area (Å²) in [7, 11) is 0. The predicted octanol–water partition coefficient (Wildman–Crippen LogP) is -0.147. The molecule has 0 bridgehead atoms. The van der Waals surface area contributed by atoms with Crippen molar-refractivity contribution in [1.29, 1.82) is 0 Å². The molecule has 4 atom stereocenters. The maximum Gasteiger partial charge on any atom is 0.330 e. The second-order valence-corrected chi connectivity index (χ2v) is 4.71. The van der Waals surface area contributed by atoms with Crippen LogP contribution in [-0.2, 0) is 14.4 Å². The van der Waals surface area contributed by atoms with Crippen LogP contribution >= 0.6 is 0 Å². The van der Waals surface area contributed by atoms with E-state index in [9.17, 15) is 19.5 Å². The summed E-state index contributed by atoms with van der Waals surface area (Å²) in [6.45, 7) is 4.94. The topological polar surface area (TPSA) is 104 Å². The molecular formula is C11H13NO5. The van der Waals surface area contributed by atoms with E-state index in [0.29, 0.717) is 5.57 Å². The number of rotatable bonds is 3. The Labute approximate surface area is 97.3 Å². The Morgan fingerprint density at radius 1 is 1.41 bits per heavy atom. The van der Waals surface area contributed by atoms with Crippen LogP contribution in [0.15, 0.2) is 12.2 Å². The fourth-order valence-corrected chi connectivity index (χ4v) is 3.05. The Morgan fingerprint density at radius 2 is 2.00 bits per heavy atom. The first kappa shape index (κ1) is 11.6. The Kier molecular flexibility index (Phi) is 2.27. The fourth-order valence-electron chi connectivity index (χ4n) is 3.05. The summed E-state index contributed by atoms with van der Waals surface area (Å²) in [6, 6.07) is 0. The Hall–Kier alpha value is -1.85. The summed E-state index contributed by atoms with van der Waals surface area (Å²) in [5.41, 5.74) is -0.894. The van der Waals surface area contributed by atoms with Gasteiger partial charge in [-0.1, -0.05) is 12.2 Å². The van der Waals surface area contributed by atoms with Crippen molar-refractivity contribution in [3.63, 3.8) is 0 Å². The van der Waals surface area contributed by atoms with Crippen LogP contribution in [0.25, 0.3) is 0 Å². The molecule has 0 spiro atoms. The number of carbonyl (C=O) groups is 3. The third-order valence-corrected chi connectivity index (χ3v) is 3.63. The van der Waals surface area contributed by atoms with E-state index >= 15 is 0 Å². The molecule has 0 aromatic heterocycles. The molecule has 2 fully saturated rings. The first-order valence-electron chi connectivity index (χ1n) is 5.24. The molecule has 2 aliphatic carbocycles. The molecule has 2 saturated carbocycles. The van der Waals surface area contributed by atoms with Crippen molar-refractivity contribution in [2.75, 3.05) is 0 Å². The summed E-state index contributed by atoms with van der Waals surface area (Å²) in [5, 5.41) is 20.7. The molecule has 0 radical (unpaired) electrons. The lowest BCUT2D eigenvalue weighted by molar-refractivity contribution is -0.149. The molecular weight excluding hydrogens is 226 g/mol. The highest BCUT2D eigenvalue weighted by Crippen LogP contribution is 2.64. The van der Waals surface area contributed by atoms with Gasteiger partial charge in [0.1, 0.15) is 5.54 Å². The number of nitrogens with one attached hydrogen (secondary N) is 1. The van der Waals surface area contributed by atoms with Crippen LogP contribution in [0, 0.1) is 17.8 Å². The fraction of sp³-hybridized carbons (Fsp3) is 0.545. The minimum Gasteiger partial charge on any atom is -0.481 e. The molecule has 0 aromatic carbocycles. The van der Waals surface area contributed by atoms with Gasteiger partial charge in [0.15, 0.2) is 0 Å². The number of hydrogen-bond acceptors (Lipinski definition) is 3. The quantitative estimate of drug-likeness (QED) is 0.594. The van der Waals surface area contributed by atoms with Gasteiger partial charge >= 0.3 is 11.9 Å². The monoisotopic (exact) mass is 239 g/mol. The Bertz CT molecular complexity index is 439. The normalized spacial score (nSPS) is 38.4. The second kappa shape index (κ2) is 3.32. The van der Waals surface area contributed by atoms with E-state index in [4.69, 9.17) is 5.11 Å². The van der Waals surface area contributed by atoms with Crippen LogP contribution in [0.2, 0.25) is 0 Å². The Balaban J connectivity index is 2.36. The van der Waals surface area contributed by atoms with Crippen LogP contribution in [0.5, 0.6) is 0 Å². The maximum atomic E-state index is 11.4. The van der Waals surface area contributed by atoms with Gasteiger partial charge in [0.2, 0.25) is 5.91 Å². The standard InChI is InChI=1S/C11H13NO5/c1-4-3-11(10(16)17,12-5(2)13)8-6(4)7(8)9(14)15/h6-8H,1,3H2,2H3,(H,12,13)(H,14,15)(H,16,17)/t6-,7-,8-,11-/m0/s1. The van der Waals surface area contributed by atoms with Crippen LogP contribution in [0.4, 0.5) is 0 Å². The number of carboxylic acids is 2. The number of amides is 1.